The molecular formula is C13H14F2N2O2. The van der Waals surface area contributed by atoms with E-state index in [0.29, 0.717) is 11.3 Å². The molecule has 2 aliphatic rings. The second-order valence-corrected chi connectivity index (χ2v) is 5.38. The fraction of sp³-hybridized carbons (Fsp3) is 0.538. The van der Waals surface area contributed by atoms with Crippen molar-refractivity contribution in [3.05, 3.63) is 33.7 Å². The zero-order valence-corrected chi connectivity index (χ0v) is 10.5. The lowest BCUT2D eigenvalue weighted by Gasteiger charge is -2.38. The number of alkyl halides is 2. The minimum atomic E-state index is -2.70. The Balaban J connectivity index is 2.13. The van der Waals surface area contributed by atoms with E-state index >= 15 is 0 Å². The SMILES string of the molecule is Cc1ccc(=O)n2c1C(=O)NC21CCC(F)(F)CC1. The number of carbonyl (C=O) groups excluding carboxylic acids is 1. The van der Waals surface area contributed by atoms with Crippen LogP contribution < -0.4 is 10.9 Å². The third-order valence-corrected chi connectivity index (χ3v) is 4.09. The van der Waals surface area contributed by atoms with E-state index in [-0.39, 0.29) is 37.1 Å². The molecule has 19 heavy (non-hydrogen) atoms. The summed E-state index contributed by atoms with van der Waals surface area (Å²) >= 11 is 0. The number of rotatable bonds is 0. The first-order valence-electron chi connectivity index (χ1n) is 6.28. The van der Waals surface area contributed by atoms with Crippen LogP contribution in [0.15, 0.2) is 16.9 Å². The topological polar surface area (TPSA) is 51.1 Å². The Morgan fingerprint density at radius 2 is 1.79 bits per heavy atom. The van der Waals surface area contributed by atoms with E-state index in [0.717, 1.165) is 0 Å². The van der Waals surface area contributed by atoms with Gasteiger partial charge in [0.05, 0.1) is 0 Å². The van der Waals surface area contributed by atoms with Crippen LogP contribution in [-0.2, 0) is 5.66 Å². The first-order valence-corrected chi connectivity index (χ1v) is 6.28. The van der Waals surface area contributed by atoms with Crippen molar-refractivity contribution in [2.75, 3.05) is 0 Å². The van der Waals surface area contributed by atoms with Gasteiger partial charge in [0.1, 0.15) is 11.4 Å². The average Bonchev–Trinajstić information content (AvgIpc) is 2.63. The van der Waals surface area contributed by atoms with Gasteiger partial charge in [-0.25, -0.2) is 8.78 Å². The van der Waals surface area contributed by atoms with Gasteiger partial charge >= 0.3 is 0 Å². The van der Waals surface area contributed by atoms with Gasteiger partial charge in [0.2, 0.25) is 5.92 Å². The van der Waals surface area contributed by atoms with Crippen LogP contribution >= 0.6 is 0 Å². The van der Waals surface area contributed by atoms with Crippen LogP contribution in [0, 0.1) is 6.92 Å². The highest BCUT2D eigenvalue weighted by molar-refractivity contribution is 5.96. The molecule has 1 fully saturated rings. The standard InChI is InChI=1S/C13H14F2N2O2/c1-8-2-3-9(18)17-10(8)11(19)16-13(17)6-4-12(14,15)5-7-13/h2-3H,4-7H2,1H3,(H,16,19). The molecule has 1 N–H and O–H groups in total. The molecule has 1 spiro atoms. The zero-order chi connectivity index (χ0) is 13.8. The van der Waals surface area contributed by atoms with Gasteiger partial charge in [-0.2, -0.15) is 0 Å². The maximum absolute atomic E-state index is 13.3. The number of nitrogens with zero attached hydrogens (tertiary/aromatic N) is 1. The largest absolute Gasteiger partial charge is 0.327 e. The van der Waals surface area contributed by atoms with Crippen LogP contribution in [-0.4, -0.2) is 16.4 Å². The predicted octanol–water partition coefficient (Wildman–Crippen LogP) is 1.76. The van der Waals surface area contributed by atoms with Crippen molar-refractivity contribution >= 4 is 5.91 Å². The van der Waals surface area contributed by atoms with Crippen LogP contribution in [0.4, 0.5) is 8.78 Å². The Bertz CT molecular complexity index is 612. The first-order chi connectivity index (χ1) is 8.85. The van der Waals surface area contributed by atoms with E-state index in [1.165, 1.54) is 10.6 Å². The molecule has 2 heterocycles. The molecule has 0 bridgehead atoms. The Morgan fingerprint density at radius 3 is 2.42 bits per heavy atom. The predicted molar refractivity (Wildman–Crippen MR) is 64.3 cm³/mol. The molecule has 1 aromatic heterocycles. The molecule has 1 saturated carbocycles. The van der Waals surface area contributed by atoms with Crippen molar-refractivity contribution in [2.24, 2.45) is 0 Å². The van der Waals surface area contributed by atoms with Gasteiger partial charge in [-0.15, -0.1) is 0 Å². The summed E-state index contributed by atoms with van der Waals surface area (Å²) in [6, 6.07) is 2.97. The first kappa shape index (κ1) is 12.3. The highest BCUT2D eigenvalue weighted by Crippen LogP contribution is 2.43. The monoisotopic (exact) mass is 268 g/mol. The normalized spacial score (nSPS) is 23.2. The highest BCUT2D eigenvalue weighted by atomic mass is 19.3. The number of aryl methyl sites for hydroxylation is 1. The lowest BCUT2D eigenvalue weighted by molar-refractivity contribution is -0.0668. The van der Waals surface area contributed by atoms with E-state index in [1.54, 1.807) is 13.0 Å². The van der Waals surface area contributed by atoms with E-state index in [1.807, 2.05) is 0 Å². The molecular weight excluding hydrogens is 254 g/mol. The third-order valence-electron chi connectivity index (χ3n) is 4.09. The third kappa shape index (κ3) is 1.69. The van der Waals surface area contributed by atoms with Crippen molar-refractivity contribution in [1.29, 1.82) is 0 Å². The van der Waals surface area contributed by atoms with E-state index in [2.05, 4.69) is 5.32 Å². The van der Waals surface area contributed by atoms with Crippen LogP contribution in [0.3, 0.4) is 0 Å². The average molecular weight is 268 g/mol. The number of halogens is 2. The summed E-state index contributed by atoms with van der Waals surface area (Å²) in [4.78, 5) is 24.0. The van der Waals surface area contributed by atoms with Crippen molar-refractivity contribution in [3.63, 3.8) is 0 Å². The summed E-state index contributed by atoms with van der Waals surface area (Å²) < 4.78 is 28.0. The molecule has 0 aromatic carbocycles. The van der Waals surface area contributed by atoms with Crippen LogP contribution in [0.2, 0.25) is 0 Å². The molecule has 6 heteroatoms. The van der Waals surface area contributed by atoms with Gasteiger partial charge in [0, 0.05) is 18.9 Å². The Labute approximate surface area is 108 Å². The van der Waals surface area contributed by atoms with Gasteiger partial charge in [0.25, 0.3) is 11.5 Å². The minimum absolute atomic E-state index is 0.0854. The van der Waals surface area contributed by atoms with Gasteiger partial charge in [-0.3, -0.25) is 14.2 Å². The summed E-state index contributed by atoms with van der Waals surface area (Å²) in [6.07, 6.45) is -0.454. The van der Waals surface area contributed by atoms with Crippen LogP contribution in [0.1, 0.15) is 41.7 Å². The quantitative estimate of drug-likeness (QED) is 0.779. The molecule has 1 amide bonds. The lowest BCUT2D eigenvalue weighted by Crippen LogP contribution is -2.51. The number of pyridine rings is 1. The van der Waals surface area contributed by atoms with E-state index in [9.17, 15) is 18.4 Å². The lowest BCUT2D eigenvalue weighted by atomic mass is 9.86. The van der Waals surface area contributed by atoms with Gasteiger partial charge in [-0.05, 0) is 25.3 Å². The van der Waals surface area contributed by atoms with Crippen molar-refractivity contribution in [2.45, 2.75) is 44.2 Å². The smallest absolute Gasteiger partial charge is 0.270 e. The molecule has 102 valence electrons. The molecule has 1 aromatic rings. The molecule has 0 unspecified atom stereocenters. The van der Waals surface area contributed by atoms with Crippen molar-refractivity contribution < 1.29 is 13.6 Å². The Hall–Kier alpha value is -1.72. The number of amides is 1. The minimum Gasteiger partial charge on any atom is -0.327 e. The number of hydrogen-bond donors (Lipinski definition) is 1. The molecule has 1 aliphatic heterocycles. The summed E-state index contributed by atoms with van der Waals surface area (Å²) in [6.45, 7) is 1.74. The molecule has 3 rings (SSSR count). The molecule has 0 radical (unpaired) electrons. The van der Waals surface area contributed by atoms with E-state index < -0.39 is 11.6 Å². The van der Waals surface area contributed by atoms with Crippen LogP contribution in [0.25, 0.3) is 0 Å². The molecule has 4 nitrogen and oxygen atoms in total. The molecule has 0 saturated heterocycles. The Kier molecular flexibility index (Phi) is 2.37. The number of nitrogens with one attached hydrogen (secondary N) is 1. The fourth-order valence-electron chi connectivity index (χ4n) is 3.05. The van der Waals surface area contributed by atoms with Crippen molar-refractivity contribution in [1.82, 2.24) is 9.88 Å². The number of aromatic nitrogens is 1. The second-order valence-electron chi connectivity index (χ2n) is 5.38. The van der Waals surface area contributed by atoms with Crippen molar-refractivity contribution in [3.8, 4) is 0 Å². The Morgan fingerprint density at radius 1 is 1.16 bits per heavy atom. The highest BCUT2D eigenvalue weighted by Gasteiger charge is 2.50. The fourth-order valence-corrected chi connectivity index (χ4v) is 3.05. The summed E-state index contributed by atoms with van der Waals surface area (Å²) in [5, 5.41) is 2.74. The summed E-state index contributed by atoms with van der Waals surface area (Å²) in [5.41, 5.74) is -0.287. The molecule has 1 aliphatic carbocycles. The second kappa shape index (κ2) is 3.65. The van der Waals surface area contributed by atoms with Gasteiger partial charge < -0.3 is 5.32 Å². The number of fused-ring (bicyclic) bond motifs is 2. The number of carbonyl (C=O) groups is 1. The van der Waals surface area contributed by atoms with Gasteiger partial charge in [0.15, 0.2) is 0 Å². The maximum Gasteiger partial charge on any atom is 0.270 e. The zero-order valence-electron chi connectivity index (χ0n) is 10.5. The van der Waals surface area contributed by atoms with Gasteiger partial charge in [-0.1, -0.05) is 6.07 Å². The van der Waals surface area contributed by atoms with Crippen LogP contribution in [0.5, 0.6) is 0 Å². The molecule has 0 atom stereocenters. The summed E-state index contributed by atoms with van der Waals surface area (Å²) in [7, 11) is 0. The summed E-state index contributed by atoms with van der Waals surface area (Å²) in [5.74, 6) is -3.05. The maximum atomic E-state index is 13.3. The van der Waals surface area contributed by atoms with E-state index in [4.69, 9.17) is 0 Å². The number of hydrogen-bond acceptors (Lipinski definition) is 2.